The van der Waals surface area contributed by atoms with Gasteiger partial charge >= 0.3 is 0 Å². The number of nitro benzene ring substituents is 1. The van der Waals surface area contributed by atoms with Gasteiger partial charge in [0.05, 0.1) is 21.4 Å². The molecule has 0 radical (unpaired) electrons. The van der Waals surface area contributed by atoms with Gasteiger partial charge in [0.2, 0.25) is 10.0 Å². The molecule has 2 aromatic rings. The number of hydrogen-bond donors (Lipinski definition) is 1. The Morgan fingerprint density at radius 1 is 1.23 bits per heavy atom. The zero-order chi connectivity index (χ0) is 19.2. The molecule has 0 aliphatic carbocycles. The van der Waals surface area contributed by atoms with Gasteiger partial charge in [-0.25, -0.2) is 8.42 Å². The lowest BCUT2D eigenvalue weighted by Crippen LogP contribution is -2.25. The highest BCUT2D eigenvalue weighted by Gasteiger charge is 2.19. The molecule has 0 amide bonds. The lowest BCUT2D eigenvalue weighted by molar-refractivity contribution is -0.385. The molecule has 9 heteroatoms. The number of ether oxygens (including phenoxy) is 1. The fraction of sp³-hybridized carbons (Fsp3) is 0.176. The van der Waals surface area contributed by atoms with E-state index < -0.39 is 14.9 Å². The van der Waals surface area contributed by atoms with Gasteiger partial charge in [-0.15, -0.1) is 0 Å². The molecule has 26 heavy (non-hydrogen) atoms. The fourth-order valence-corrected chi connectivity index (χ4v) is 3.37. The van der Waals surface area contributed by atoms with E-state index in [4.69, 9.17) is 16.3 Å². The number of nitrogens with zero attached hydrogens (tertiary/aromatic N) is 1. The summed E-state index contributed by atoms with van der Waals surface area (Å²) in [6, 6.07) is 10.6. The largest absolute Gasteiger partial charge is 0.479 e. The molecule has 0 aromatic heterocycles. The Hall–Kier alpha value is -2.60. The van der Waals surface area contributed by atoms with E-state index >= 15 is 0 Å². The molecule has 0 spiro atoms. The molecule has 2 rings (SSSR count). The maximum atomic E-state index is 12.3. The number of sulfonamides is 1. The summed E-state index contributed by atoms with van der Waals surface area (Å²) in [7, 11) is -3.91. The van der Waals surface area contributed by atoms with Gasteiger partial charge in [0.15, 0.2) is 0 Å². The Morgan fingerprint density at radius 2 is 1.96 bits per heavy atom. The number of rotatable bonds is 6. The van der Waals surface area contributed by atoms with Crippen LogP contribution in [0.15, 0.2) is 47.4 Å². The van der Waals surface area contributed by atoms with E-state index in [-0.39, 0.29) is 23.7 Å². The molecule has 136 valence electrons. The minimum Gasteiger partial charge on any atom is -0.479 e. The molecule has 1 N–H and O–H groups in total. The predicted octanol–water partition coefficient (Wildman–Crippen LogP) is 2.92. The second-order valence-electron chi connectivity index (χ2n) is 5.10. The monoisotopic (exact) mass is 394 g/mol. The highest BCUT2D eigenvalue weighted by Crippen LogP contribution is 2.23. The van der Waals surface area contributed by atoms with Crippen LogP contribution in [0.25, 0.3) is 0 Å². The van der Waals surface area contributed by atoms with Crippen LogP contribution in [0.5, 0.6) is 5.75 Å². The zero-order valence-electron chi connectivity index (χ0n) is 13.7. The van der Waals surface area contributed by atoms with Crippen LogP contribution in [0.4, 0.5) is 5.69 Å². The van der Waals surface area contributed by atoms with Gasteiger partial charge in [0.25, 0.3) is 5.69 Å². The van der Waals surface area contributed by atoms with Gasteiger partial charge in [-0.3, -0.25) is 10.1 Å². The van der Waals surface area contributed by atoms with Crippen LogP contribution in [0, 0.1) is 28.9 Å². The van der Waals surface area contributed by atoms with Crippen molar-refractivity contribution in [3.05, 3.63) is 63.2 Å². The Morgan fingerprint density at radius 3 is 2.65 bits per heavy atom. The SMILES string of the molecule is Cc1ccc([N+](=O)[O-])cc1S(=O)(=O)NCC#CCOc1ccccc1Cl. The predicted molar refractivity (Wildman–Crippen MR) is 97.7 cm³/mol. The van der Waals surface area contributed by atoms with Gasteiger partial charge in [0, 0.05) is 12.1 Å². The number of para-hydroxylation sites is 1. The Kier molecular flexibility index (Phi) is 6.58. The maximum absolute atomic E-state index is 12.3. The topological polar surface area (TPSA) is 98.5 Å². The third-order valence-corrected chi connectivity index (χ3v) is 5.14. The van der Waals surface area contributed by atoms with Crippen LogP contribution < -0.4 is 9.46 Å². The summed E-state index contributed by atoms with van der Waals surface area (Å²) in [5.41, 5.74) is 0.105. The molecular weight excluding hydrogens is 380 g/mol. The van der Waals surface area contributed by atoms with E-state index in [1.807, 2.05) is 0 Å². The summed E-state index contributed by atoms with van der Waals surface area (Å²) in [6.07, 6.45) is 0. The fourth-order valence-electron chi connectivity index (χ4n) is 1.99. The molecule has 0 heterocycles. The summed E-state index contributed by atoms with van der Waals surface area (Å²) in [4.78, 5) is 10.0. The van der Waals surface area contributed by atoms with Gasteiger partial charge in [-0.05, 0) is 24.6 Å². The van der Waals surface area contributed by atoms with Crippen molar-refractivity contribution in [2.45, 2.75) is 11.8 Å². The van der Waals surface area contributed by atoms with Crippen molar-refractivity contribution in [1.82, 2.24) is 4.72 Å². The maximum Gasteiger partial charge on any atom is 0.270 e. The summed E-state index contributed by atoms with van der Waals surface area (Å²) >= 11 is 5.93. The average Bonchev–Trinajstić information content (AvgIpc) is 2.59. The summed E-state index contributed by atoms with van der Waals surface area (Å²) in [5, 5.41) is 11.3. The minimum absolute atomic E-state index is 0.0430. The third-order valence-electron chi connectivity index (χ3n) is 3.28. The molecule has 0 saturated carbocycles. The molecule has 0 aliphatic rings. The Labute approximate surface area is 156 Å². The molecule has 0 aliphatic heterocycles. The molecule has 0 fully saturated rings. The zero-order valence-corrected chi connectivity index (χ0v) is 15.3. The van der Waals surface area contributed by atoms with Crippen LogP contribution in [0.3, 0.4) is 0 Å². The van der Waals surface area contributed by atoms with Gasteiger partial charge in [0.1, 0.15) is 12.4 Å². The molecule has 2 aromatic carbocycles. The lowest BCUT2D eigenvalue weighted by Gasteiger charge is -2.07. The molecule has 0 unspecified atom stereocenters. The first-order valence-electron chi connectivity index (χ1n) is 7.39. The van der Waals surface area contributed by atoms with Crippen molar-refractivity contribution in [3.8, 4) is 17.6 Å². The van der Waals surface area contributed by atoms with Gasteiger partial charge in [-0.1, -0.05) is 41.6 Å². The van der Waals surface area contributed by atoms with Crippen molar-refractivity contribution in [3.63, 3.8) is 0 Å². The minimum atomic E-state index is -3.91. The molecule has 7 nitrogen and oxygen atoms in total. The van der Waals surface area contributed by atoms with Gasteiger partial charge < -0.3 is 4.74 Å². The number of nitrogens with one attached hydrogen (secondary N) is 1. The third kappa shape index (κ3) is 5.20. The molecule has 0 bridgehead atoms. The first kappa shape index (κ1) is 19.7. The summed E-state index contributed by atoms with van der Waals surface area (Å²) in [5.74, 6) is 5.76. The van der Waals surface area contributed by atoms with E-state index in [0.717, 1.165) is 6.07 Å². The van der Waals surface area contributed by atoms with Crippen molar-refractivity contribution < 1.29 is 18.1 Å². The summed E-state index contributed by atoms with van der Waals surface area (Å²) in [6.45, 7) is 1.44. The Bertz CT molecular complexity index is 980. The van der Waals surface area contributed by atoms with E-state index in [2.05, 4.69) is 16.6 Å². The van der Waals surface area contributed by atoms with E-state index in [1.54, 1.807) is 31.2 Å². The average molecular weight is 395 g/mol. The highest BCUT2D eigenvalue weighted by atomic mass is 35.5. The van der Waals surface area contributed by atoms with Crippen molar-refractivity contribution in [2.75, 3.05) is 13.2 Å². The highest BCUT2D eigenvalue weighted by molar-refractivity contribution is 7.89. The number of non-ortho nitro benzene ring substituents is 1. The van der Waals surface area contributed by atoms with E-state index in [0.29, 0.717) is 16.3 Å². The smallest absolute Gasteiger partial charge is 0.270 e. The van der Waals surface area contributed by atoms with E-state index in [9.17, 15) is 18.5 Å². The van der Waals surface area contributed by atoms with Crippen LogP contribution in [-0.4, -0.2) is 26.5 Å². The van der Waals surface area contributed by atoms with Crippen LogP contribution in [0.1, 0.15) is 5.56 Å². The lowest BCUT2D eigenvalue weighted by atomic mass is 10.2. The number of nitro groups is 1. The number of halogens is 1. The summed E-state index contributed by atoms with van der Waals surface area (Å²) < 4.78 is 32.2. The first-order valence-corrected chi connectivity index (χ1v) is 9.25. The number of hydrogen-bond acceptors (Lipinski definition) is 5. The molecule has 0 saturated heterocycles. The molecule has 0 atom stereocenters. The van der Waals surface area contributed by atoms with Crippen molar-refractivity contribution in [1.29, 1.82) is 0 Å². The molecular formula is C17H15ClN2O5S. The normalized spacial score (nSPS) is 10.7. The van der Waals surface area contributed by atoms with Gasteiger partial charge in [-0.2, -0.15) is 4.72 Å². The number of aryl methyl sites for hydroxylation is 1. The van der Waals surface area contributed by atoms with Crippen molar-refractivity contribution >= 4 is 27.3 Å². The quantitative estimate of drug-likeness (QED) is 0.461. The first-order chi connectivity index (χ1) is 12.3. The standard InChI is InChI=1S/C17H15ClN2O5S/c1-13-8-9-14(20(21)22)12-17(13)26(23,24)19-10-4-5-11-25-16-7-3-2-6-15(16)18/h2-3,6-9,12,19H,10-11H2,1H3. The van der Waals surface area contributed by atoms with Crippen LogP contribution in [0.2, 0.25) is 5.02 Å². The van der Waals surface area contributed by atoms with E-state index in [1.165, 1.54) is 12.1 Å². The van der Waals surface area contributed by atoms with Crippen LogP contribution >= 0.6 is 11.6 Å². The van der Waals surface area contributed by atoms with Crippen molar-refractivity contribution in [2.24, 2.45) is 0 Å². The second-order valence-corrected chi connectivity index (χ2v) is 7.25. The Balaban J connectivity index is 1.96. The second kappa shape index (κ2) is 8.67. The van der Waals surface area contributed by atoms with Crippen LogP contribution in [-0.2, 0) is 10.0 Å². The number of benzene rings is 2.